The molecule has 11 heavy (non-hydrogen) atoms. The Morgan fingerprint density at radius 2 is 2.55 bits per heavy atom. The third kappa shape index (κ3) is 2.44. The fourth-order valence-corrected chi connectivity index (χ4v) is 1.51. The van der Waals surface area contributed by atoms with Crippen LogP contribution in [0.25, 0.3) is 0 Å². The van der Waals surface area contributed by atoms with E-state index in [1.807, 2.05) is 24.4 Å². The molecule has 0 amide bonds. The van der Waals surface area contributed by atoms with E-state index in [-0.39, 0.29) is 11.8 Å². The molecule has 1 heterocycles. The van der Waals surface area contributed by atoms with Crippen molar-refractivity contribution in [3.05, 3.63) is 22.4 Å². The summed E-state index contributed by atoms with van der Waals surface area (Å²) in [5.41, 5.74) is 5.48. The Morgan fingerprint density at radius 1 is 1.82 bits per heavy atom. The molecular weight excluding hydrogens is 158 g/mol. The third-order valence-electron chi connectivity index (χ3n) is 1.30. The van der Waals surface area contributed by atoms with Crippen LogP contribution in [0.15, 0.2) is 17.5 Å². The summed E-state index contributed by atoms with van der Waals surface area (Å²) in [4.78, 5) is 12.1. The van der Waals surface area contributed by atoms with Gasteiger partial charge in [-0.3, -0.25) is 4.79 Å². The molecule has 0 aliphatic heterocycles. The van der Waals surface area contributed by atoms with Crippen molar-refractivity contribution < 1.29 is 4.79 Å². The standard InChI is InChI=1S/C8H11NOS/c1-6(9)5-7(10)8-3-2-4-11-8/h2-4,6H,5,9H2,1H3. The molecule has 1 aromatic heterocycles. The van der Waals surface area contributed by atoms with Gasteiger partial charge in [0.2, 0.25) is 0 Å². The van der Waals surface area contributed by atoms with Crippen LogP contribution in [-0.4, -0.2) is 11.8 Å². The number of carbonyl (C=O) groups is 1. The lowest BCUT2D eigenvalue weighted by atomic mass is 10.1. The second-order valence-corrected chi connectivity index (χ2v) is 3.53. The molecule has 0 saturated carbocycles. The Labute approximate surface area is 70.0 Å². The lowest BCUT2D eigenvalue weighted by molar-refractivity contribution is 0.0980. The Morgan fingerprint density at radius 3 is 3.00 bits per heavy atom. The van der Waals surface area contributed by atoms with Gasteiger partial charge >= 0.3 is 0 Å². The highest BCUT2D eigenvalue weighted by atomic mass is 32.1. The van der Waals surface area contributed by atoms with Crippen LogP contribution in [0.1, 0.15) is 23.0 Å². The smallest absolute Gasteiger partial charge is 0.174 e. The zero-order valence-corrected chi connectivity index (χ0v) is 7.23. The number of Topliss-reactive ketones (excluding diaryl/α,β-unsaturated/α-hetero) is 1. The number of thiophene rings is 1. The monoisotopic (exact) mass is 169 g/mol. The van der Waals surface area contributed by atoms with Gasteiger partial charge in [0.1, 0.15) is 0 Å². The molecular formula is C8H11NOS. The zero-order chi connectivity index (χ0) is 8.27. The van der Waals surface area contributed by atoms with Gasteiger partial charge in [-0.25, -0.2) is 0 Å². The molecule has 0 saturated heterocycles. The fourth-order valence-electron chi connectivity index (χ4n) is 0.830. The van der Waals surface area contributed by atoms with Crippen molar-refractivity contribution in [2.45, 2.75) is 19.4 Å². The number of hydrogen-bond acceptors (Lipinski definition) is 3. The average molecular weight is 169 g/mol. The molecule has 1 aromatic rings. The SMILES string of the molecule is CC(N)CC(=O)c1cccs1. The summed E-state index contributed by atoms with van der Waals surface area (Å²) in [5.74, 6) is 0.148. The largest absolute Gasteiger partial charge is 0.328 e. The molecule has 60 valence electrons. The van der Waals surface area contributed by atoms with Crippen LogP contribution in [0.5, 0.6) is 0 Å². The van der Waals surface area contributed by atoms with E-state index in [2.05, 4.69) is 0 Å². The lowest BCUT2D eigenvalue weighted by Gasteiger charge is -2.00. The zero-order valence-electron chi connectivity index (χ0n) is 6.41. The fraction of sp³-hybridized carbons (Fsp3) is 0.375. The van der Waals surface area contributed by atoms with Crippen molar-refractivity contribution in [3.63, 3.8) is 0 Å². The third-order valence-corrected chi connectivity index (χ3v) is 2.21. The first-order valence-corrected chi connectivity index (χ1v) is 4.40. The molecule has 1 unspecified atom stereocenters. The van der Waals surface area contributed by atoms with Gasteiger partial charge in [-0.05, 0) is 18.4 Å². The molecule has 1 rings (SSSR count). The summed E-state index contributed by atoms with van der Waals surface area (Å²) in [6.07, 6.45) is 0.445. The van der Waals surface area contributed by atoms with Crippen LogP contribution >= 0.6 is 11.3 Å². The summed E-state index contributed by atoms with van der Waals surface area (Å²) < 4.78 is 0. The number of hydrogen-bond donors (Lipinski definition) is 1. The summed E-state index contributed by atoms with van der Waals surface area (Å²) in [6.45, 7) is 1.84. The van der Waals surface area contributed by atoms with Crippen LogP contribution in [-0.2, 0) is 0 Å². The van der Waals surface area contributed by atoms with Crippen molar-refractivity contribution in [1.29, 1.82) is 0 Å². The topological polar surface area (TPSA) is 43.1 Å². The van der Waals surface area contributed by atoms with Gasteiger partial charge in [0.15, 0.2) is 5.78 Å². The predicted molar refractivity (Wildman–Crippen MR) is 46.9 cm³/mol. The van der Waals surface area contributed by atoms with Crippen molar-refractivity contribution in [3.8, 4) is 0 Å². The van der Waals surface area contributed by atoms with E-state index in [4.69, 9.17) is 5.73 Å². The van der Waals surface area contributed by atoms with E-state index in [0.29, 0.717) is 6.42 Å². The van der Waals surface area contributed by atoms with Crippen molar-refractivity contribution in [2.75, 3.05) is 0 Å². The highest BCUT2D eigenvalue weighted by Gasteiger charge is 2.08. The quantitative estimate of drug-likeness (QED) is 0.699. The Kier molecular flexibility index (Phi) is 2.79. The molecule has 0 radical (unpaired) electrons. The van der Waals surface area contributed by atoms with Gasteiger partial charge in [-0.15, -0.1) is 11.3 Å². The minimum absolute atomic E-state index is 0.0374. The number of rotatable bonds is 3. The number of ketones is 1. The van der Waals surface area contributed by atoms with Gasteiger partial charge in [0.25, 0.3) is 0 Å². The molecule has 0 bridgehead atoms. The van der Waals surface area contributed by atoms with Gasteiger partial charge in [-0.2, -0.15) is 0 Å². The second kappa shape index (κ2) is 3.64. The summed E-state index contributed by atoms with van der Waals surface area (Å²) in [5, 5.41) is 1.90. The van der Waals surface area contributed by atoms with Gasteiger partial charge in [-0.1, -0.05) is 6.07 Å². The van der Waals surface area contributed by atoms with Crippen molar-refractivity contribution >= 4 is 17.1 Å². The Hall–Kier alpha value is -0.670. The molecule has 1 atom stereocenters. The Balaban J connectivity index is 2.57. The number of nitrogens with two attached hydrogens (primary N) is 1. The van der Waals surface area contributed by atoms with Crippen LogP contribution in [0.4, 0.5) is 0 Å². The molecule has 0 aromatic carbocycles. The summed E-state index contributed by atoms with van der Waals surface area (Å²) >= 11 is 1.47. The molecule has 2 N–H and O–H groups in total. The van der Waals surface area contributed by atoms with Crippen LogP contribution in [0.3, 0.4) is 0 Å². The van der Waals surface area contributed by atoms with Crippen molar-refractivity contribution in [2.24, 2.45) is 5.73 Å². The molecule has 0 spiro atoms. The lowest BCUT2D eigenvalue weighted by Crippen LogP contribution is -2.19. The summed E-state index contributed by atoms with van der Waals surface area (Å²) in [7, 11) is 0. The molecule has 0 fully saturated rings. The van der Waals surface area contributed by atoms with E-state index >= 15 is 0 Å². The van der Waals surface area contributed by atoms with Crippen molar-refractivity contribution in [1.82, 2.24) is 0 Å². The second-order valence-electron chi connectivity index (χ2n) is 2.58. The van der Waals surface area contributed by atoms with E-state index in [0.717, 1.165) is 4.88 Å². The van der Waals surface area contributed by atoms with Crippen LogP contribution in [0.2, 0.25) is 0 Å². The maximum Gasteiger partial charge on any atom is 0.174 e. The molecule has 3 heteroatoms. The first kappa shape index (κ1) is 8.43. The normalized spacial score (nSPS) is 12.9. The van der Waals surface area contributed by atoms with Gasteiger partial charge in [0.05, 0.1) is 4.88 Å². The first-order chi connectivity index (χ1) is 5.20. The van der Waals surface area contributed by atoms with Gasteiger partial charge in [0, 0.05) is 12.5 Å². The maximum absolute atomic E-state index is 11.2. The van der Waals surface area contributed by atoms with E-state index in [1.165, 1.54) is 11.3 Å². The average Bonchev–Trinajstić information content (AvgIpc) is 2.35. The molecule has 0 aliphatic rings. The highest BCUT2D eigenvalue weighted by molar-refractivity contribution is 7.12. The van der Waals surface area contributed by atoms with E-state index in [1.54, 1.807) is 0 Å². The predicted octanol–water partition coefficient (Wildman–Crippen LogP) is 1.67. The maximum atomic E-state index is 11.2. The van der Waals surface area contributed by atoms with Crippen LogP contribution in [0, 0.1) is 0 Å². The first-order valence-electron chi connectivity index (χ1n) is 3.52. The number of carbonyl (C=O) groups excluding carboxylic acids is 1. The minimum atomic E-state index is -0.0374. The van der Waals surface area contributed by atoms with Gasteiger partial charge < -0.3 is 5.73 Å². The molecule has 2 nitrogen and oxygen atoms in total. The highest BCUT2D eigenvalue weighted by Crippen LogP contribution is 2.11. The Bertz CT molecular complexity index is 228. The summed E-state index contributed by atoms with van der Waals surface area (Å²) in [6, 6.07) is 3.67. The molecule has 0 aliphatic carbocycles. The van der Waals surface area contributed by atoms with Crippen LogP contribution < -0.4 is 5.73 Å². The minimum Gasteiger partial charge on any atom is -0.328 e. The van der Waals surface area contributed by atoms with E-state index < -0.39 is 0 Å². The van der Waals surface area contributed by atoms with E-state index in [9.17, 15) is 4.79 Å².